The van der Waals surface area contributed by atoms with Crippen LogP contribution in [0.5, 0.6) is 0 Å². The number of aromatic amines is 1. The van der Waals surface area contributed by atoms with Gasteiger partial charge in [0, 0.05) is 4.88 Å². The fraction of sp³-hybridized carbons (Fsp3) is 0.250. The van der Waals surface area contributed by atoms with E-state index >= 15 is 0 Å². The van der Waals surface area contributed by atoms with Gasteiger partial charge in [0.2, 0.25) is 5.16 Å². The number of fused-ring (bicyclic) bond motifs is 1. The average molecular weight is 388 g/mol. The number of furan rings is 1. The Morgan fingerprint density at radius 2 is 2.15 bits per heavy atom. The predicted molar refractivity (Wildman–Crippen MR) is 102 cm³/mol. The molecule has 0 saturated carbocycles. The molecule has 4 rings (SSSR count). The zero-order chi connectivity index (χ0) is 18.4. The lowest BCUT2D eigenvalue weighted by atomic mass is 10.2. The molecule has 0 saturated heterocycles. The third-order valence-corrected chi connectivity index (χ3v) is 6.25. The molecular formula is C16H16N6O2S2. The summed E-state index contributed by atoms with van der Waals surface area (Å²) in [6.07, 6.45) is 1.58. The molecule has 134 valence electrons. The minimum Gasteiger partial charge on any atom is -0.469 e. The van der Waals surface area contributed by atoms with Crippen LogP contribution in [0, 0.1) is 20.8 Å². The summed E-state index contributed by atoms with van der Waals surface area (Å²) in [5.41, 5.74) is 1.67. The van der Waals surface area contributed by atoms with Crippen LogP contribution in [0.3, 0.4) is 0 Å². The van der Waals surface area contributed by atoms with Crippen LogP contribution < -0.4 is 11.4 Å². The van der Waals surface area contributed by atoms with E-state index in [-0.39, 0.29) is 5.56 Å². The number of thiophene rings is 1. The molecular weight excluding hydrogens is 372 g/mol. The van der Waals surface area contributed by atoms with Crippen molar-refractivity contribution in [2.45, 2.75) is 31.7 Å². The molecule has 3 N–H and O–H groups in total. The Bertz CT molecular complexity index is 1170. The largest absolute Gasteiger partial charge is 0.469 e. The third kappa shape index (κ3) is 2.71. The lowest BCUT2D eigenvalue weighted by Crippen LogP contribution is -2.13. The van der Waals surface area contributed by atoms with Crippen molar-refractivity contribution in [3.8, 4) is 11.4 Å². The minimum absolute atomic E-state index is 0.114. The van der Waals surface area contributed by atoms with Crippen LogP contribution in [0.4, 0.5) is 0 Å². The summed E-state index contributed by atoms with van der Waals surface area (Å²) in [5.74, 6) is 8.37. The predicted octanol–water partition coefficient (Wildman–Crippen LogP) is 2.77. The SMILES string of the molecule is Cc1occc1-c1nnc(SCc2nc3sc(C)c(C)c3c(=O)[nH]2)n1N. The van der Waals surface area contributed by atoms with E-state index in [1.54, 1.807) is 12.3 Å². The molecule has 0 aromatic carbocycles. The van der Waals surface area contributed by atoms with Crippen molar-refractivity contribution in [1.82, 2.24) is 24.8 Å². The Balaban J connectivity index is 1.60. The van der Waals surface area contributed by atoms with Crippen molar-refractivity contribution in [2.75, 3.05) is 5.84 Å². The van der Waals surface area contributed by atoms with E-state index in [9.17, 15) is 4.79 Å². The van der Waals surface area contributed by atoms with Gasteiger partial charge in [-0.15, -0.1) is 21.5 Å². The van der Waals surface area contributed by atoms with Gasteiger partial charge in [-0.25, -0.2) is 9.66 Å². The molecule has 0 atom stereocenters. The van der Waals surface area contributed by atoms with Crippen molar-refractivity contribution in [1.29, 1.82) is 0 Å². The Labute approximate surface area is 156 Å². The molecule has 4 aromatic rings. The lowest BCUT2D eigenvalue weighted by molar-refractivity contribution is 0.535. The molecule has 0 aliphatic rings. The monoisotopic (exact) mass is 388 g/mol. The van der Waals surface area contributed by atoms with Crippen LogP contribution in [0.2, 0.25) is 0 Å². The van der Waals surface area contributed by atoms with Crippen molar-refractivity contribution >= 4 is 33.3 Å². The van der Waals surface area contributed by atoms with E-state index < -0.39 is 0 Å². The molecule has 0 spiro atoms. The first kappa shape index (κ1) is 16.9. The number of nitrogens with one attached hydrogen (secondary N) is 1. The van der Waals surface area contributed by atoms with Crippen LogP contribution in [-0.2, 0) is 5.75 Å². The topological polar surface area (TPSA) is 116 Å². The number of rotatable bonds is 4. The molecule has 0 fully saturated rings. The van der Waals surface area contributed by atoms with Crippen LogP contribution in [0.25, 0.3) is 21.6 Å². The molecule has 26 heavy (non-hydrogen) atoms. The Kier molecular flexibility index (Phi) is 4.08. The van der Waals surface area contributed by atoms with Gasteiger partial charge in [0.15, 0.2) is 5.82 Å². The molecule has 0 radical (unpaired) electrons. The van der Waals surface area contributed by atoms with Crippen LogP contribution in [-0.4, -0.2) is 24.8 Å². The number of nitrogen functional groups attached to an aromatic ring is 1. The number of hydrogen-bond acceptors (Lipinski definition) is 8. The van der Waals surface area contributed by atoms with E-state index in [1.165, 1.54) is 27.8 Å². The van der Waals surface area contributed by atoms with Crippen molar-refractivity contribution in [3.05, 3.63) is 44.7 Å². The first-order valence-corrected chi connectivity index (χ1v) is 9.62. The molecule has 0 aliphatic carbocycles. The van der Waals surface area contributed by atoms with Gasteiger partial charge in [0.1, 0.15) is 16.4 Å². The summed E-state index contributed by atoms with van der Waals surface area (Å²) in [5, 5.41) is 9.45. The van der Waals surface area contributed by atoms with E-state index in [1.807, 2.05) is 20.8 Å². The molecule has 0 amide bonds. The molecule has 0 unspecified atom stereocenters. The summed E-state index contributed by atoms with van der Waals surface area (Å²) < 4.78 is 6.70. The van der Waals surface area contributed by atoms with Crippen LogP contribution >= 0.6 is 23.1 Å². The highest BCUT2D eigenvalue weighted by Gasteiger charge is 2.17. The summed E-state index contributed by atoms with van der Waals surface area (Å²) in [6.45, 7) is 5.77. The molecule has 4 aromatic heterocycles. The molecule has 0 aliphatic heterocycles. The third-order valence-electron chi connectivity index (χ3n) is 4.19. The number of hydrogen-bond donors (Lipinski definition) is 2. The number of aromatic nitrogens is 5. The highest BCUT2D eigenvalue weighted by atomic mass is 32.2. The molecule has 0 bridgehead atoms. The molecule has 8 nitrogen and oxygen atoms in total. The summed E-state index contributed by atoms with van der Waals surface area (Å²) in [7, 11) is 0. The number of thioether (sulfide) groups is 1. The minimum atomic E-state index is -0.114. The number of aryl methyl sites for hydroxylation is 3. The van der Waals surface area contributed by atoms with E-state index in [2.05, 4.69) is 20.2 Å². The highest BCUT2D eigenvalue weighted by Crippen LogP contribution is 2.28. The van der Waals surface area contributed by atoms with E-state index in [4.69, 9.17) is 10.3 Å². The number of nitrogens with two attached hydrogens (primary N) is 1. The maximum Gasteiger partial charge on any atom is 0.259 e. The van der Waals surface area contributed by atoms with Gasteiger partial charge >= 0.3 is 0 Å². The van der Waals surface area contributed by atoms with Crippen molar-refractivity contribution in [3.63, 3.8) is 0 Å². The van der Waals surface area contributed by atoms with Crippen LogP contribution in [0.1, 0.15) is 22.0 Å². The Hall–Kier alpha value is -2.59. The van der Waals surface area contributed by atoms with Gasteiger partial charge in [-0.1, -0.05) is 11.8 Å². The first-order valence-electron chi connectivity index (χ1n) is 7.82. The number of H-pyrrole nitrogens is 1. The van der Waals surface area contributed by atoms with Gasteiger partial charge < -0.3 is 15.2 Å². The second-order valence-corrected chi connectivity index (χ2v) is 7.98. The van der Waals surface area contributed by atoms with Gasteiger partial charge in [-0.05, 0) is 32.4 Å². The van der Waals surface area contributed by atoms with Gasteiger partial charge in [0.25, 0.3) is 5.56 Å². The Morgan fingerprint density at radius 3 is 2.88 bits per heavy atom. The quantitative estimate of drug-likeness (QED) is 0.408. The van der Waals surface area contributed by atoms with Gasteiger partial charge in [-0.3, -0.25) is 4.79 Å². The maximum absolute atomic E-state index is 12.3. The van der Waals surface area contributed by atoms with E-state index in [0.717, 1.165) is 26.6 Å². The van der Waals surface area contributed by atoms with Gasteiger partial charge in [0.05, 0.1) is 23.0 Å². The zero-order valence-corrected chi connectivity index (χ0v) is 16.0. The summed E-state index contributed by atoms with van der Waals surface area (Å²) in [4.78, 5) is 21.6. The fourth-order valence-electron chi connectivity index (χ4n) is 2.68. The zero-order valence-electron chi connectivity index (χ0n) is 14.4. The smallest absolute Gasteiger partial charge is 0.259 e. The average Bonchev–Trinajstić information content (AvgIpc) is 3.25. The van der Waals surface area contributed by atoms with Crippen molar-refractivity contribution < 1.29 is 4.42 Å². The van der Waals surface area contributed by atoms with Gasteiger partial charge in [-0.2, -0.15) is 0 Å². The first-order chi connectivity index (χ1) is 12.5. The van der Waals surface area contributed by atoms with Crippen molar-refractivity contribution in [2.24, 2.45) is 0 Å². The fourth-order valence-corrected chi connectivity index (χ4v) is 4.45. The molecule has 10 heteroatoms. The lowest BCUT2D eigenvalue weighted by Gasteiger charge is -2.03. The van der Waals surface area contributed by atoms with E-state index in [0.29, 0.717) is 27.9 Å². The molecule has 4 heterocycles. The summed E-state index contributed by atoms with van der Waals surface area (Å²) >= 11 is 2.89. The standard InChI is InChI=1S/C16H16N6O2S2/c1-7-9(3)26-15-12(7)14(23)18-11(19-15)6-25-16-21-20-13(22(16)17)10-4-5-24-8(10)2/h4-5H,6,17H2,1-3H3,(H,18,19,23). The maximum atomic E-state index is 12.3. The number of nitrogens with zero attached hydrogens (tertiary/aromatic N) is 4. The highest BCUT2D eigenvalue weighted by molar-refractivity contribution is 7.98. The van der Waals surface area contributed by atoms with Crippen LogP contribution in [0.15, 0.2) is 26.7 Å². The normalized spacial score (nSPS) is 11.5. The summed E-state index contributed by atoms with van der Waals surface area (Å²) in [6, 6.07) is 1.80. The second kappa shape index (κ2) is 6.29. The Morgan fingerprint density at radius 1 is 1.35 bits per heavy atom. The second-order valence-electron chi connectivity index (χ2n) is 5.83.